The Hall–Kier alpha value is -2.25. The van der Waals surface area contributed by atoms with Crippen molar-refractivity contribution < 1.29 is 4.79 Å². The summed E-state index contributed by atoms with van der Waals surface area (Å²) in [5, 5.41) is 4.66. The molecule has 0 saturated carbocycles. The van der Waals surface area contributed by atoms with Gasteiger partial charge in [0.2, 0.25) is 0 Å². The second kappa shape index (κ2) is 8.24. The normalized spacial score (nSPS) is 15.8. The van der Waals surface area contributed by atoms with Crippen LogP contribution >= 0.6 is 11.3 Å². The van der Waals surface area contributed by atoms with Gasteiger partial charge in [0.15, 0.2) is 5.69 Å². The molecule has 4 heterocycles. The molecule has 29 heavy (non-hydrogen) atoms. The number of fused-ring (bicyclic) bond motifs is 1. The monoisotopic (exact) mass is 411 g/mol. The molecule has 1 atom stereocenters. The molecule has 3 aromatic heterocycles. The van der Waals surface area contributed by atoms with E-state index in [0.717, 1.165) is 53.5 Å². The van der Waals surface area contributed by atoms with Gasteiger partial charge in [0, 0.05) is 36.8 Å². The van der Waals surface area contributed by atoms with Crippen LogP contribution in [0.25, 0.3) is 5.65 Å². The smallest absolute Gasteiger partial charge is 0.274 e. The largest absolute Gasteiger partial charge is 0.337 e. The van der Waals surface area contributed by atoms with E-state index in [2.05, 4.69) is 28.5 Å². The van der Waals surface area contributed by atoms with Gasteiger partial charge in [-0.3, -0.25) is 4.79 Å². The predicted octanol–water partition coefficient (Wildman–Crippen LogP) is 4.19. The van der Waals surface area contributed by atoms with Crippen molar-refractivity contribution in [2.45, 2.75) is 59.5 Å². The highest BCUT2D eigenvalue weighted by Gasteiger charge is 2.26. The number of aryl methyl sites for hydroxylation is 3. The summed E-state index contributed by atoms with van der Waals surface area (Å²) in [6, 6.07) is 4.16. The van der Waals surface area contributed by atoms with Gasteiger partial charge in [-0.1, -0.05) is 6.07 Å². The number of imidazole rings is 1. The first-order chi connectivity index (χ1) is 14.0. The second-order valence-corrected chi connectivity index (χ2v) is 9.33. The van der Waals surface area contributed by atoms with E-state index in [1.165, 1.54) is 11.3 Å². The van der Waals surface area contributed by atoms with Crippen molar-refractivity contribution in [3.63, 3.8) is 0 Å². The predicted molar refractivity (Wildman–Crippen MR) is 117 cm³/mol. The van der Waals surface area contributed by atoms with Crippen LogP contribution in [0.15, 0.2) is 18.3 Å². The minimum absolute atomic E-state index is 0.0536. The van der Waals surface area contributed by atoms with E-state index in [9.17, 15) is 4.79 Å². The molecule has 0 aliphatic carbocycles. The molecule has 0 aromatic carbocycles. The second-order valence-electron chi connectivity index (χ2n) is 7.92. The molecule has 3 aromatic rings. The summed E-state index contributed by atoms with van der Waals surface area (Å²) in [6.07, 6.45) is 5.35. The molecule has 1 saturated heterocycles. The van der Waals surface area contributed by atoms with Crippen LogP contribution in [-0.4, -0.2) is 38.3 Å². The van der Waals surface area contributed by atoms with Crippen LogP contribution in [-0.2, 0) is 6.54 Å². The van der Waals surface area contributed by atoms with Gasteiger partial charge in [0.1, 0.15) is 5.65 Å². The van der Waals surface area contributed by atoms with Gasteiger partial charge < -0.3 is 14.6 Å². The third-order valence-electron chi connectivity index (χ3n) is 5.72. The molecular formula is C22H29N5OS. The Kier molecular flexibility index (Phi) is 5.69. The highest BCUT2D eigenvalue weighted by atomic mass is 32.1. The molecule has 1 aliphatic heterocycles. The van der Waals surface area contributed by atoms with Crippen molar-refractivity contribution in [1.82, 2.24) is 24.6 Å². The molecule has 4 rings (SSSR count). The molecule has 154 valence electrons. The van der Waals surface area contributed by atoms with E-state index in [-0.39, 0.29) is 11.9 Å². The Morgan fingerprint density at radius 1 is 1.21 bits per heavy atom. The van der Waals surface area contributed by atoms with E-state index in [4.69, 9.17) is 4.98 Å². The maximum Gasteiger partial charge on any atom is 0.274 e. The van der Waals surface area contributed by atoms with Crippen LogP contribution in [0.5, 0.6) is 0 Å². The fraction of sp³-hybridized carbons (Fsp3) is 0.500. The molecule has 1 unspecified atom stereocenters. The van der Waals surface area contributed by atoms with Crippen LogP contribution in [0.4, 0.5) is 0 Å². The number of piperidine rings is 1. The first kappa shape index (κ1) is 20.0. The summed E-state index contributed by atoms with van der Waals surface area (Å²) in [6.45, 7) is 10.5. The third kappa shape index (κ3) is 3.94. The van der Waals surface area contributed by atoms with Gasteiger partial charge in [-0.05, 0) is 58.6 Å². The number of pyridine rings is 1. The van der Waals surface area contributed by atoms with Gasteiger partial charge in [-0.25, -0.2) is 9.97 Å². The van der Waals surface area contributed by atoms with Crippen molar-refractivity contribution in [2.24, 2.45) is 0 Å². The molecule has 1 amide bonds. The van der Waals surface area contributed by atoms with Crippen molar-refractivity contribution in [3.8, 4) is 0 Å². The standard InChI is InChI=1S/C22H29N5OS/c1-14-9-8-12-27-18(13-23-15(2)19-16(3)29-17(4)24-19)20(25-21(14)27)22(28)26-10-6-5-7-11-26/h8-9,12,15,23H,5-7,10-11,13H2,1-4H3. The summed E-state index contributed by atoms with van der Waals surface area (Å²) < 4.78 is 2.06. The van der Waals surface area contributed by atoms with E-state index in [1.807, 2.05) is 37.1 Å². The van der Waals surface area contributed by atoms with Gasteiger partial charge in [-0.2, -0.15) is 0 Å². The Morgan fingerprint density at radius 3 is 2.66 bits per heavy atom. The number of rotatable bonds is 5. The zero-order chi connectivity index (χ0) is 20.5. The summed E-state index contributed by atoms with van der Waals surface area (Å²) in [7, 11) is 0. The van der Waals surface area contributed by atoms with E-state index < -0.39 is 0 Å². The quantitative estimate of drug-likeness (QED) is 0.684. The molecule has 0 radical (unpaired) electrons. The van der Waals surface area contributed by atoms with E-state index in [1.54, 1.807) is 11.3 Å². The lowest BCUT2D eigenvalue weighted by Crippen LogP contribution is -2.36. The third-order valence-corrected chi connectivity index (χ3v) is 6.62. The lowest BCUT2D eigenvalue weighted by Gasteiger charge is -2.26. The molecule has 6 nitrogen and oxygen atoms in total. The van der Waals surface area contributed by atoms with E-state index in [0.29, 0.717) is 12.2 Å². The van der Waals surface area contributed by atoms with Crippen LogP contribution in [0.1, 0.15) is 69.6 Å². The van der Waals surface area contributed by atoms with Crippen LogP contribution in [0.2, 0.25) is 0 Å². The number of nitrogens with one attached hydrogen (secondary N) is 1. The number of hydrogen-bond donors (Lipinski definition) is 1. The lowest BCUT2D eigenvalue weighted by molar-refractivity contribution is 0.0717. The highest BCUT2D eigenvalue weighted by Crippen LogP contribution is 2.24. The van der Waals surface area contributed by atoms with Crippen molar-refractivity contribution in [1.29, 1.82) is 0 Å². The number of thiazole rings is 1. The molecular weight excluding hydrogens is 382 g/mol. The molecule has 0 spiro atoms. The summed E-state index contributed by atoms with van der Waals surface area (Å²) in [5.74, 6) is 0.0536. The zero-order valence-electron chi connectivity index (χ0n) is 17.7. The average molecular weight is 412 g/mol. The summed E-state index contributed by atoms with van der Waals surface area (Å²) in [4.78, 5) is 25.9. The number of hydrogen-bond acceptors (Lipinski definition) is 5. The molecule has 0 bridgehead atoms. The van der Waals surface area contributed by atoms with Gasteiger partial charge in [-0.15, -0.1) is 11.3 Å². The summed E-state index contributed by atoms with van der Waals surface area (Å²) >= 11 is 1.72. The molecule has 1 N–H and O–H groups in total. The van der Waals surface area contributed by atoms with Gasteiger partial charge in [0.25, 0.3) is 5.91 Å². The SMILES string of the molecule is Cc1nc(C(C)NCc2c(C(=O)N3CCCCC3)nc3c(C)cccn23)c(C)s1. The molecule has 1 aliphatic rings. The number of aromatic nitrogens is 3. The van der Waals surface area contributed by atoms with Crippen LogP contribution < -0.4 is 5.32 Å². The van der Waals surface area contributed by atoms with Crippen LogP contribution in [0.3, 0.4) is 0 Å². The first-order valence-corrected chi connectivity index (χ1v) is 11.2. The Balaban J connectivity index is 1.65. The average Bonchev–Trinajstić information content (AvgIpc) is 3.26. The highest BCUT2D eigenvalue weighted by molar-refractivity contribution is 7.11. The maximum atomic E-state index is 13.3. The number of carbonyl (C=O) groups is 1. The number of nitrogens with zero attached hydrogens (tertiary/aromatic N) is 4. The first-order valence-electron chi connectivity index (χ1n) is 10.4. The van der Waals surface area contributed by atoms with E-state index >= 15 is 0 Å². The van der Waals surface area contributed by atoms with Gasteiger partial charge in [0.05, 0.1) is 16.4 Å². The number of amides is 1. The maximum absolute atomic E-state index is 13.3. The lowest BCUT2D eigenvalue weighted by atomic mass is 10.1. The van der Waals surface area contributed by atoms with Crippen molar-refractivity contribution in [3.05, 3.63) is 50.9 Å². The van der Waals surface area contributed by atoms with Gasteiger partial charge >= 0.3 is 0 Å². The fourth-order valence-electron chi connectivity index (χ4n) is 4.13. The van der Waals surface area contributed by atoms with Crippen molar-refractivity contribution in [2.75, 3.05) is 13.1 Å². The Labute approximate surface area is 176 Å². The number of carbonyl (C=O) groups excluding carboxylic acids is 1. The zero-order valence-corrected chi connectivity index (χ0v) is 18.5. The topological polar surface area (TPSA) is 62.5 Å². The fourth-order valence-corrected chi connectivity index (χ4v) is 5.05. The van der Waals surface area contributed by atoms with Crippen molar-refractivity contribution >= 4 is 22.9 Å². The summed E-state index contributed by atoms with van der Waals surface area (Å²) in [5.41, 5.74) is 4.52. The minimum Gasteiger partial charge on any atom is -0.337 e. The Bertz CT molecular complexity index is 1030. The number of likely N-dealkylation sites (tertiary alicyclic amines) is 1. The van der Waals surface area contributed by atoms with Crippen LogP contribution in [0, 0.1) is 20.8 Å². The molecule has 7 heteroatoms. The minimum atomic E-state index is 0.0536. The Morgan fingerprint density at radius 2 is 1.97 bits per heavy atom. The molecule has 1 fully saturated rings.